The lowest BCUT2D eigenvalue weighted by atomic mass is 10.0. The Morgan fingerprint density at radius 1 is 0.750 bits per heavy atom. The Kier molecular flexibility index (Phi) is 3.34. The van der Waals surface area contributed by atoms with E-state index < -0.39 is 0 Å². The molecule has 3 rings (SSSR count). The van der Waals surface area contributed by atoms with Gasteiger partial charge in [0.2, 0.25) is 0 Å². The first kappa shape index (κ1) is 12.6. The van der Waals surface area contributed by atoms with E-state index in [0.29, 0.717) is 0 Å². The molecule has 0 saturated heterocycles. The molecule has 3 aromatic rings. The molecule has 0 spiro atoms. The van der Waals surface area contributed by atoms with Crippen LogP contribution in [0, 0.1) is 13.8 Å². The van der Waals surface area contributed by atoms with Crippen LogP contribution in [-0.4, -0.2) is 6.21 Å². The molecule has 0 fully saturated rings. The minimum atomic E-state index is 1.02. The van der Waals surface area contributed by atoms with Crippen molar-refractivity contribution in [2.45, 2.75) is 13.8 Å². The summed E-state index contributed by atoms with van der Waals surface area (Å²) in [5.74, 6) is 0. The molecule has 0 aliphatic heterocycles. The Morgan fingerprint density at radius 2 is 1.40 bits per heavy atom. The predicted octanol–water partition coefficient (Wildman–Crippen LogP) is 5.21. The Balaban J connectivity index is 2.07. The molecule has 0 heterocycles. The fourth-order valence-electron chi connectivity index (χ4n) is 2.49. The molecule has 0 unspecified atom stereocenters. The maximum Gasteiger partial charge on any atom is 0.0708 e. The first-order valence-electron chi connectivity index (χ1n) is 6.84. The molecule has 0 saturated carbocycles. The fourth-order valence-corrected chi connectivity index (χ4v) is 2.49. The highest BCUT2D eigenvalue weighted by Crippen LogP contribution is 2.25. The van der Waals surface area contributed by atoms with Gasteiger partial charge in [-0.25, -0.2) is 0 Å². The van der Waals surface area contributed by atoms with Crippen LogP contribution in [0.5, 0.6) is 0 Å². The van der Waals surface area contributed by atoms with Crippen LogP contribution in [0.4, 0.5) is 5.69 Å². The van der Waals surface area contributed by atoms with Crippen LogP contribution >= 0.6 is 0 Å². The number of rotatable bonds is 2. The van der Waals surface area contributed by atoms with Gasteiger partial charge in [-0.15, -0.1) is 0 Å². The number of aryl methyl sites for hydroxylation is 2. The van der Waals surface area contributed by atoms with Gasteiger partial charge in [-0.3, -0.25) is 4.99 Å². The third kappa shape index (κ3) is 2.35. The minimum Gasteiger partial charge on any atom is -0.256 e. The van der Waals surface area contributed by atoms with E-state index in [1.165, 1.54) is 27.5 Å². The first-order chi connectivity index (χ1) is 9.75. The summed E-state index contributed by atoms with van der Waals surface area (Å²) in [7, 11) is 0. The van der Waals surface area contributed by atoms with E-state index in [1.54, 1.807) is 0 Å². The molecule has 98 valence electrons. The maximum atomic E-state index is 4.70. The SMILES string of the molecule is Cc1cccc(C)c1C=Nc1cccc2ccccc12. The van der Waals surface area contributed by atoms with Gasteiger partial charge in [0.05, 0.1) is 5.69 Å². The summed E-state index contributed by atoms with van der Waals surface area (Å²) in [6.45, 7) is 4.24. The molecule has 1 nitrogen and oxygen atoms in total. The molecule has 0 aliphatic carbocycles. The van der Waals surface area contributed by atoms with Crippen molar-refractivity contribution in [3.8, 4) is 0 Å². The summed E-state index contributed by atoms with van der Waals surface area (Å²) in [5, 5.41) is 2.42. The van der Waals surface area contributed by atoms with Crippen LogP contribution in [0.1, 0.15) is 16.7 Å². The minimum absolute atomic E-state index is 1.02. The van der Waals surface area contributed by atoms with Crippen LogP contribution in [0.15, 0.2) is 65.7 Å². The van der Waals surface area contributed by atoms with E-state index >= 15 is 0 Å². The van der Waals surface area contributed by atoms with Crippen molar-refractivity contribution in [1.82, 2.24) is 0 Å². The van der Waals surface area contributed by atoms with Crippen molar-refractivity contribution in [3.05, 3.63) is 77.4 Å². The van der Waals surface area contributed by atoms with E-state index in [-0.39, 0.29) is 0 Å². The molecular formula is C19H17N. The summed E-state index contributed by atoms with van der Waals surface area (Å²) >= 11 is 0. The Morgan fingerprint density at radius 3 is 2.20 bits per heavy atom. The number of hydrogen-bond acceptors (Lipinski definition) is 1. The topological polar surface area (TPSA) is 12.4 Å². The van der Waals surface area contributed by atoms with Crippen molar-refractivity contribution in [2.75, 3.05) is 0 Å². The zero-order valence-corrected chi connectivity index (χ0v) is 11.8. The number of benzene rings is 3. The van der Waals surface area contributed by atoms with Gasteiger partial charge in [-0.1, -0.05) is 54.6 Å². The normalized spacial score (nSPS) is 11.3. The average molecular weight is 259 g/mol. The highest BCUT2D eigenvalue weighted by Gasteiger charge is 2.00. The van der Waals surface area contributed by atoms with Gasteiger partial charge in [-0.2, -0.15) is 0 Å². The van der Waals surface area contributed by atoms with Crippen LogP contribution in [0.3, 0.4) is 0 Å². The summed E-state index contributed by atoms with van der Waals surface area (Å²) in [6, 6.07) is 20.9. The molecule has 0 atom stereocenters. The average Bonchev–Trinajstić information content (AvgIpc) is 2.47. The molecule has 3 aromatic carbocycles. The number of hydrogen-bond donors (Lipinski definition) is 0. The predicted molar refractivity (Wildman–Crippen MR) is 87.1 cm³/mol. The summed E-state index contributed by atoms with van der Waals surface area (Å²) < 4.78 is 0. The standard InChI is InChI=1S/C19H17N/c1-14-7-5-8-15(2)18(14)13-20-19-12-6-10-16-9-3-4-11-17(16)19/h3-13H,1-2H3. The molecule has 0 radical (unpaired) electrons. The van der Waals surface area contributed by atoms with Crippen LogP contribution in [0.2, 0.25) is 0 Å². The van der Waals surface area contributed by atoms with E-state index in [0.717, 1.165) is 5.69 Å². The Bertz CT molecular complexity index is 759. The molecule has 0 aliphatic rings. The van der Waals surface area contributed by atoms with Gasteiger partial charge in [0.25, 0.3) is 0 Å². The zero-order chi connectivity index (χ0) is 13.9. The van der Waals surface area contributed by atoms with Crippen molar-refractivity contribution in [2.24, 2.45) is 4.99 Å². The lowest BCUT2D eigenvalue weighted by Gasteiger charge is -2.05. The Labute approximate surface area is 119 Å². The van der Waals surface area contributed by atoms with E-state index in [1.807, 2.05) is 6.21 Å². The third-order valence-electron chi connectivity index (χ3n) is 3.64. The van der Waals surface area contributed by atoms with Crippen LogP contribution in [0.25, 0.3) is 10.8 Å². The van der Waals surface area contributed by atoms with Gasteiger partial charge in [0.1, 0.15) is 0 Å². The lowest BCUT2D eigenvalue weighted by Crippen LogP contribution is -1.90. The van der Waals surface area contributed by atoms with Crippen LogP contribution < -0.4 is 0 Å². The molecule has 0 bridgehead atoms. The molecule has 0 aromatic heterocycles. The summed E-state index contributed by atoms with van der Waals surface area (Å²) in [5.41, 5.74) is 4.74. The van der Waals surface area contributed by atoms with Gasteiger partial charge in [-0.05, 0) is 42.0 Å². The number of nitrogens with zero attached hydrogens (tertiary/aromatic N) is 1. The smallest absolute Gasteiger partial charge is 0.0708 e. The van der Waals surface area contributed by atoms with Gasteiger partial charge < -0.3 is 0 Å². The molecular weight excluding hydrogens is 242 g/mol. The van der Waals surface area contributed by atoms with E-state index in [2.05, 4.69) is 74.5 Å². The fraction of sp³-hybridized carbons (Fsp3) is 0.105. The van der Waals surface area contributed by atoms with Crippen LogP contribution in [-0.2, 0) is 0 Å². The zero-order valence-electron chi connectivity index (χ0n) is 11.8. The second kappa shape index (κ2) is 5.30. The molecule has 0 amide bonds. The van der Waals surface area contributed by atoms with E-state index in [9.17, 15) is 0 Å². The second-order valence-electron chi connectivity index (χ2n) is 5.06. The maximum absolute atomic E-state index is 4.70. The number of fused-ring (bicyclic) bond motifs is 1. The lowest BCUT2D eigenvalue weighted by molar-refractivity contribution is 1.36. The monoisotopic (exact) mass is 259 g/mol. The largest absolute Gasteiger partial charge is 0.256 e. The Hall–Kier alpha value is -2.41. The van der Waals surface area contributed by atoms with Gasteiger partial charge >= 0.3 is 0 Å². The third-order valence-corrected chi connectivity index (χ3v) is 3.64. The number of aliphatic imine (C=N–C) groups is 1. The molecule has 20 heavy (non-hydrogen) atoms. The van der Waals surface area contributed by atoms with Crippen molar-refractivity contribution >= 4 is 22.7 Å². The van der Waals surface area contributed by atoms with Crippen molar-refractivity contribution in [1.29, 1.82) is 0 Å². The van der Waals surface area contributed by atoms with Gasteiger partial charge in [0, 0.05) is 11.6 Å². The highest BCUT2D eigenvalue weighted by molar-refractivity contribution is 5.95. The second-order valence-corrected chi connectivity index (χ2v) is 5.06. The van der Waals surface area contributed by atoms with Gasteiger partial charge in [0.15, 0.2) is 0 Å². The quantitative estimate of drug-likeness (QED) is 0.560. The summed E-state index contributed by atoms with van der Waals surface area (Å²) in [4.78, 5) is 4.70. The summed E-state index contributed by atoms with van der Waals surface area (Å²) in [6.07, 6.45) is 1.98. The first-order valence-corrected chi connectivity index (χ1v) is 6.84. The molecule has 0 N–H and O–H groups in total. The van der Waals surface area contributed by atoms with E-state index in [4.69, 9.17) is 4.99 Å². The van der Waals surface area contributed by atoms with Crippen molar-refractivity contribution < 1.29 is 0 Å². The molecule has 1 heteroatoms. The van der Waals surface area contributed by atoms with Crippen molar-refractivity contribution in [3.63, 3.8) is 0 Å². The highest BCUT2D eigenvalue weighted by atomic mass is 14.7.